The van der Waals surface area contributed by atoms with Gasteiger partial charge in [-0.1, -0.05) is 32.0 Å². The lowest BCUT2D eigenvalue weighted by atomic mass is 9.99. The molecule has 1 heteroatoms. The minimum atomic E-state index is 0.697. The fourth-order valence-electron chi connectivity index (χ4n) is 1.09. The van der Waals surface area contributed by atoms with Crippen molar-refractivity contribution in [3.05, 3.63) is 33.4 Å². The molecule has 0 bridgehead atoms. The molecule has 0 saturated carbocycles. The van der Waals surface area contributed by atoms with Gasteiger partial charge in [0.05, 0.1) is 0 Å². The van der Waals surface area contributed by atoms with Crippen molar-refractivity contribution in [2.75, 3.05) is 0 Å². The highest BCUT2D eigenvalue weighted by molar-refractivity contribution is 14.1. The van der Waals surface area contributed by atoms with E-state index in [-0.39, 0.29) is 0 Å². The molecule has 1 aromatic rings. The summed E-state index contributed by atoms with van der Waals surface area (Å²) in [6, 6.07) is 8.59. The fraction of sp³-hybridized carbons (Fsp3) is 0.400. The van der Waals surface area contributed by atoms with Crippen LogP contribution in [-0.2, 0) is 0 Å². The molecule has 0 N–H and O–H groups in total. The molecule has 60 valence electrons. The van der Waals surface area contributed by atoms with Crippen molar-refractivity contribution in [3.8, 4) is 0 Å². The Balaban J connectivity index is 2.93. The van der Waals surface area contributed by atoms with Crippen molar-refractivity contribution < 1.29 is 0 Å². The predicted octanol–water partition coefficient (Wildman–Crippen LogP) is 3.80. The lowest BCUT2D eigenvalue weighted by Gasteiger charge is -2.10. The molecular weight excluding hydrogens is 247 g/mol. The third-order valence-electron chi connectivity index (χ3n) is 2.05. The molecule has 0 aliphatic heterocycles. The molecule has 0 spiro atoms. The largest absolute Gasteiger partial charge is 0.0648 e. The lowest BCUT2D eigenvalue weighted by molar-refractivity contribution is 0.730. The van der Waals surface area contributed by atoms with Crippen LogP contribution in [-0.4, -0.2) is 0 Å². The van der Waals surface area contributed by atoms with Gasteiger partial charge in [0.15, 0.2) is 0 Å². The third-order valence-corrected chi connectivity index (χ3v) is 3.03. The zero-order valence-corrected chi connectivity index (χ0v) is 9.13. The Morgan fingerprint density at radius 1 is 1.36 bits per heavy atom. The maximum atomic E-state index is 2.40. The maximum Gasteiger partial charge on any atom is 0.0165 e. The van der Waals surface area contributed by atoms with Crippen LogP contribution in [0.15, 0.2) is 24.3 Å². The van der Waals surface area contributed by atoms with Gasteiger partial charge < -0.3 is 0 Å². The monoisotopic (exact) mass is 260 g/mol. The Morgan fingerprint density at radius 3 is 2.55 bits per heavy atom. The van der Waals surface area contributed by atoms with Crippen LogP contribution in [0.1, 0.15) is 31.7 Å². The molecule has 0 aromatic heterocycles. The molecule has 0 fully saturated rings. The highest BCUT2D eigenvalue weighted by Gasteiger charge is 2.04. The summed E-state index contributed by atoms with van der Waals surface area (Å²) in [4.78, 5) is 0. The quantitative estimate of drug-likeness (QED) is 0.709. The van der Waals surface area contributed by atoms with Crippen molar-refractivity contribution in [2.24, 2.45) is 0 Å². The van der Waals surface area contributed by atoms with Gasteiger partial charge >= 0.3 is 0 Å². The molecular formula is C10H13I. The molecule has 1 atom stereocenters. The van der Waals surface area contributed by atoms with Gasteiger partial charge in [0.2, 0.25) is 0 Å². The molecule has 0 saturated heterocycles. The summed E-state index contributed by atoms with van der Waals surface area (Å²) in [5.41, 5.74) is 1.48. The second-order valence-corrected chi connectivity index (χ2v) is 3.99. The van der Waals surface area contributed by atoms with Crippen molar-refractivity contribution >= 4 is 22.6 Å². The third kappa shape index (κ3) is 2.19. The SMILES string of the molecule is CC[C@H](C)c1ccccc1I. The average molecular weight is 260 g/mol. The molecule has 0 radical (unpaired) electrons. The zero-order chi connectivity index (χ0) is 8.27. The standard InChI is InChI=1S/C10H13I/c1-3-8(2)9-6-4-5-7-10(9)11/h4-8H,3H2,1-2H3/t8-/m0/s1. The van der Waals surface area contributed by atoms with Crippen LogP contribution in [0.3, 0.4) is 0 Å². The summed E-state index contributed by atoms with van der Waals surface area (Å²) in [6.07, 6.45) is 1.22. The zero-order valence-electron chi connectivity index (χ0n) is 6.97. The summed E-state index contributed by atoms with van der Waals surface area (Å²) in [7, 11) is 0. The van der Waals surface area contributed by atoms with E-state index in [1.54, 1.807) is 0 Å². The summed E-state index contributed by atoms with van der Waals surface area (Å²) < 4.78 is 1.39. The van der Waals surface area contributed by atoms with Gasteiger partial charge in [-0.25, -0.2) is 0 Å². The van der Waals surface area contributed by atoms with Crippen molar-refractivity contribution in [1.82, 2.24) is 0 Å². The van der Waals surface area contributed by atoms with Gasteiger partial charge in [-0.3, -0.25) is 0 Å². The van der Waals surface area contributed by atoms with E-state index in [0.717, 1.165) is 0 Å². The Bertz CT molecular complexity index is 230. The second-order valence-electron chi connectivity index (χ2n) is 2.83. The molecule has 0 nitrogen and oxygen atoms in total. The van der Waals surface area contributed by atoms with E-state index >= 15 is 0 Å². The van der Waals surface area contributed by atoms with Crippen molar-refractivity contribution in [1.29, 1.82) is 0 Å². The first-order valence-corrected chi connectivity index (χ1v) is 5.08. The summed E-state index contributed by atoms with van der Waals surface area (Å²) in [6.45, 7) is 4.51. The Kier molecular flexibility index (Phi) is 3.37. The molecule has 1 aromatic carbocycles. The number of hydrogen-bond acceptors (Lipinski definition) is 0. The van der Waals surface area contributed by atoms with E-state index in [9.17, 15) is 0 Å². The van der Waals surface area contributed by atoms with Gasteiger partial charge in [0.1, 0.15) is 0 Å². The average Bonchev–Trinajstić information content (AvgIpc) is 2.04. The molecule has 0 aliphatic carbocycles. The Hall–Kier alpha value is -0.0500. The number of hydrogen-bond donors (Lipinski definition) is 0. The van der Waals surface area contributed by atoms with Gasteiger partial charge in [0.25, 0.3) is 0 Å². The number of benzene rings is 1. The smallest absolute Gasteiger partial charge is 0.0165 e. The topological polar surface area (TPSA) is 0 Å². The fourth-order valence-corrected chi connectivity index (χ4v) is 2.01. The van der Waals surface area contributed by atoms with Crippen LogP contribution in [0.25, 0.3) is 0 Å². The molecule has 0 aliphatic rings. The highest BCUT2D eigenvalue weighted by Crippen LogP contribution is 2.23. The van der Waals surface area contributed by atoms with Crippen LogP contribution < -0.4 is 0 Å². The molecule has 11 heavy (non-hydrogen) atoms. The first kappa shape index (κ1) is 9.04. The normalized spacial score (nSPS) is 13.0. The first-order valence-electron chi connectivity index (χ1n) is 4.00. The van der Waals surface area contributed by atoms with E-state index in [4.69, 9.17) is 0 Å². The molecule has 1 rings (SSSR count). The minimum Gasteiger partial charge on any atom is -0.0648 e. The number of halogens is 1. The van der Waals surface area contributed by atoms with Crippen LogP contribution in [0.5, 0.6) is 0 Å². The van der Waals surface area contributed by atoms with Gasteiger partial charge in [-0.05, 0) is 46.6 Å². The Labute approximate surface area is 82.2 Å². The summed E-state index contributed by atoms with van der Waals surface area (Å²) >= 11 is 2.40. The molecule has 0 unspecified atom stereocenters. The first-order chi connectivity index (χ1) is 5.25. The highest BCUT2D eigenvalue weighted by atomic mass is 127. The van der Waals surface area contributed by atoms with E-state index in [2.05, 4.69) is 60.7 Å². The van der Waals surface area contributed by atoms with Gasteiger partial charge in [0, 0.05) is 3.57 Å². The summed E-state index contributed by atoms with van der Waals surface area (Å²) in [5.74, 6) is 0.697. The lowest BCUT2D eigenvalue weighted by Crippen LogP contribution is -1.93. The van der Waals surface area contributed by atoms with Gasteiger partial charge in [-0.15, -0.1) is 0 Å². The van der Waals surface area contributed by atoms with Crippen LogP contribution in [0.4, 0.5) is 0 Å². The maximum absolute atomic E-state index is 2.40. The van der Waals surface area contributed by atoms with Gasteiger partial charge in [-0.2, -0.15) is 0 Å². The van der Waals surface area contributed by atoms with Crippen LogP contribution >= 0.6 is 22.6 Å². The predicted molar refractivity (Wildman–Crippen MR) is 57.9 cm³/mol. The van der Waals surface area contributed by atoms with Crippen molar-refractivity contribution in [3.63, 3.8) is 0 Å². The Morgan fingerprint density at radius 2 is 2.00 bits per heavy atom. The van der Waals surface area contributed by atoms with E-state index in [1.165, 1.54) is 15.6 Å². The van der Waals surface area contributed by atoms with E-state index < -0.39 is 0 Å². The van der Waals surface area contributed by atoms with E-state index in [0.29, 0.717) is 5.92 Å². The van der Waals surface area contributed by atoms with Crippen molar-refractivity contribution in [2.45, 2.75) is 26.2 Å². The minimum absolute atomic E-state index is 0.697. The second kappa shape index (κ2) is 4.10. The summed E-state index contributed by atoms with van der Waals surface area (Å²) in [5, 5.41) is 0. The number of rotatable bonds is 2. The van der Waals surface area contributed by atoms with E-state index in [1.807, 2.05) is 0 Å². The van der Waals surface area contributed by atoms with Crippen LogP contribution in [0, 0.1) is 3.57 Å². The molecule has 0 amide bonds. The molecule has 0 heterocycles. The van der Waals surface area contributed by atoms with Crippen LogP contribution in [0.2, 0.25) is 0 Å².